The minimum atomic E-state index is -0.128. The molecule has 1 aliphatic rings. The number of amides is 2. The molecule has 122 valence electrons. The summed E-state index contributed by atoms with van der Waals surface area (Å²) in [7, 11) is 1.61. The van der Waals surface area contributed by atoms with Gasteiger partial charge in [0.1, 0.15) is 0 Å². The van der Waals surface area contributed by atoms with Gasteiger partial charge in [-0.2, -0.15) is 0 Å². The minimum Gasteiger partial charge on any atom is -0.383 e. The Morgan fingerprint density at radius 3 is 2.55 bits per heavy atom. The predicted octanol–water partition coefficient (Wildman–Crippen LogP) is 1.63. The van der Waals surface area contributed by atoms with Gasteiger partial charge in [0.15, 0.2) is 0 Å². The average molecular weight is 328 g/mol. The van der Waals surface area contributed by atoms with Crippen LogP contribution in [0.3, 0.4) is 0 Å². The molecule has 1 saturated carbocycles. The van der Waals surface area contributed by atoms with Gasteiger partial charge in [-0.25, -0.2) is 0 Å². The Kier molecular flexibility index (Phi) is 7.87. The first kappa shape index (κ1) is 18.4. The van der Waals surface area contributed by atoms with Gasteiger partial charge in [0, 0.05) is 30.9 Å². The highest BCUT2D eigenvalue weighted by Crippen LogP contribution is 2.30. The summed E-state index contributed by atoms with van der Waals surface area (Å²) in [4.78, 5) is 23.4. The molecule has 1 fully saturated rings. The summed E-state index contributed by atoms with van der Waals surface area (Å²) in [5.74, 6) is 0.0877. The first-order valence-electron chi connectivity index (χ1n) is 7.09. The molecule has 0 aliphatic heterocycles. The lowest BCUT2D eigenvalue weighted by Gasteiger charge is -2.09. The number of halogens is 1. The van der Waals surface area contributed by atoms with E-state index in [1.807, 2.05) is 6.07 Å². The zero-order valence-electron chi connectivity index (χ0n) is 12.6. The Morgan fingerprint density at radius 1 is 1.23 bits per heavy atom. The van der Waals surface area contributed by atoms with Crippen molar-refractivity contribution in [1.82, 2.24) is 5.32 Å². The molecule has 1 aromatic carbocycles. The number of benzene rings is 1. The van der Waals surface area contributed by atoms with Crippen molar-refractivity contribution in [3.63, 3.8) is 0 Å². The van der Waals surface area contributed by atoms with E-state index in [1.165, 1.54) is 0 Å². The maximum atomic E-state index is 11.7. The quantitative estimate of drug-likeness (QED) is 0.634. The molecule has 0 saturated heterocycles. The molecule has 0 bridgehead atoms. The number of rotatable bonds is 8. The van der Waals surface area contributed by atoms with E-state index in [-0.39, 0.29) is 36.7 Å². The molecule has 0 heterocycles. The Hall–Kier alpha value is -1.63. The van der Waals surface area contributed by atoms with Crippen LogP contribution in [0.5, 0.6) is 0 Å². The van der Waals surface area contributed by atoms with Crippen molar-refractivity contribution in [2.75, 3.05) is 37.4 Å². The van der Waals surface area contributed by atoms with Crippen LogP contribution in [0.25, 0.3) is 0 Å². The Bertz CT molecular complexity index is 507. The van der Waals surface area contributed by atoms with Gasteiger partial charge < -0.3 is 20.7 Å². The van der Waals surface area contributed by atoms with Gasteiger partial charge in [0.2, 0.25) is 11.8 Å². The maximum Gasteiger partial charge on any atom is 0.238 e. The van der Waals surface area contributed by atoms with E-state index in [9.17, 15) is 9.59 Å². The molecular formula is C15H22ClN3O3. The summed E-state index contributed by atoms with van der Waals surface area (Å²) in [6.45, 7) is 1.42. The Labute approximate surface area is 136 Å². The number of anilines is 2. The third-order valence-electron chi connectivity index (χ3n) is 3.13. The van der Waals surface area contributed by atoms with E-state index in [1.54, 1.807) is 25.3 Å². The van der Waals surface area contributed by atoms with Crippen molar-refractivity contribution in [2.24, 2.45) is 5.92 Å². The van der Waals surface area contributed by atoms with E-state index >= 15 is 0 Å². The molecular weight excluding hydrogens is 306 g/mol. The van der Waals surface area contributed by atoms with Gasteiger partial charge in [0.05, 0.1) is 13.2 Å². The van der Waals surface area contributed by atoms with E-state index in [0.717, 1.165) is 12.8 Å². The molecule has 2 amide bonds. The summed E-state index contributed by atoms with van der Waals surface area (Å²) in [5.41, 5.74) is 1.37. The molecule has 6 nitrogen and oxygen atoms in total. The van der Waals surface area contributed by atoms with Crippen molar-refractivity contribution >= 4 is 35.6 Å². The standard InChI is InChI=1S/C15H21N3O3.ClH/c1-21-8-7-16-10-14(19)17-12-3-2-4-13(9-12)18-15(20)11-5-6-11;/h2-4,9,11,16H,5-8,10H2,1H3,(H,17,19)(H,18,20);1H. The first-order chi connectivity index (χ1) is 10.2. The molecule has 3 N–H and O–H groups in total. The second kappa shape index (κ2) is 9.40. The zero-order valence-corrected chi connectivity index (χ0v) is 13.4. The number of nitrogens with one attached hydrogen (secondary N) is 3. The molecule has 22 heavy (non-hydrogen) atoms. The van der Waals surface area contributed by atoms with Gasteiger partial charge in [0.25, 0.3) is 0 Å². The Morgan fingerprint density at radius 2 is 1.91 bits per heavy atom. The van der Waals surface area contributed by atoms with E-state index < -0.39 is 0 Å². The van der Waals surface area contributed by atoms with E-state index in [4.69, 9.17) is 4.74 Å². The molecule has 7 heteroatoms. The SMILES string of the molecule is COCCNCC(=O)Nc1cccc(NC(=O)C2CC2)c1.Cl. The van der Waals surface area contributed by atoms with Crippen molar-refractivity contribution < 1.29 is 14.3 Å². The highest BCUT2D eigenvalue weighted by Gasteiger charge is 2.29. The second-order valence-electron chi connectivity index (χ2n) is 5.06. The van der Waals surface area contributed by atoms with Crippen LogP contribution in [0.2, 0.25) is 0 Å². The summed E-state index contributed by atoms with van der Waals surface area (Å²) < 4.78 is 4.88. The molecule has 0 atom stereocenters. The lowest BCUT2D eigenvalue weighted by atomic mass is 10.2. The molecule has 0 unspecified atom stereocenters. The smallest absolute Gasteiger partial charge is 0.238 e. The van der Waals surface area contributed by atoms with Crippen LogP contribution >= 0.6 is 12.4 Å². The summed E-state index contributed by atoms with van der Waals surface area (Å²) in [6, 6.07) is 7.16. The lowest BCUT2D eigenvalue weighted by molar-refractivity contribution is -0.117. The van der Waals surface area contributed by atoms with Crippen LogP contribution in [0.4, 0.5) is 11.4 Å². The summed E-state index contributed by atoms with van der Waals surface area (Å²) >= 11 is 0. The van der Waals surface area contributed by atoms with E-state index in [2.05, 4.69) is 16.0 Å². The lowest BCUT2D eigenvalue weighted by Crippen LogP contribution is -2.30. The predicted molar refractivity (Wildman–Crippen MR) is 88.4 cm³/mol. The van der Waals surface area contributed by atoms with Crippen LogP contribution in [0, 0.1) is 5.92 Å². The highest BCUT2D eigenvalue weighted by molar-refractivity contribution is 5.96. The number of ether oxygens (including phenoxy) is 1. The van der Waals surface area contributed by atoms with Crippen molar-refractivity contribution in [3.8, 4) is 0 Å². The minimum absolute atomic E-state index is 0. The van der Waals surface area contributed by atoms with Gasteiger partial charge in [-0.1, -0.05) is 6.07 Å². The monoisotopic (exact) mass is 327 g/mol. The average Bonchev–Trinajstić information content (AvgIpc) is 3.28. The Balaban J connectivity index is 0.00000242. The van der Waals surface area contributed by atoms with Crippen molar-refractivity contribution in [2.45, 2.75) is 12.8 Å². The van der Waals surface area contributed by atoms with Gasteiger partial charge in [-0.3, -0.25) is 9.59 Å². The number of hydrogen-bond acceptors (Lipinski definition) is 4. The van der Waals surface area contributed by atoms with Crippen LogP contribution < -0.4 is 16.0 Å². The third kappa shape index (κ3) is 6.43. The van der Waals surface area contributed by atoms with Crippen LogP contribution in [0.15, 0.2) is 24.3 Å². The fraction of sp³-hybridized carbons (Fsp3) is 0.467. The molecule has 0 spiro atoms. The molecule has 2 rings (SSSR count). The first-order valence-corrected chi connectivity index (χ1v) is 7.09. The maximum absolute atomic E-state index is 11.7. The second-order valence-corrected chi connectivity index (χ2v) is 5.06. The highest BCUT2D eigenvalue weighted by atomic mass is 35.5. The van der Waals surface area contributed by atoms with Crippen LogP contribution in [-0.2, 0) is 14.3 Å². The fourth-order valence-electron chi connectivity index (χ4n) is 1.85. The van der Waals surface area contributed by atoms with Crippen molar-refractivity contribution in [3.05, 3.63) is 24.3 Å². The third-order valence-corrected chi connectivity index (χ3v) is 3.13. The van der Waals surface area contributed by atoms with Gasteiger partial charge in [-0.15, -0.1) is 12.4 Å². The molecule has 0 aromatic heterocycles. The van der Waals surface area contributed by atoms with Gasteiger partial charge >= 0.3 is 0 Å². The normalized spacial score (nSPS) is 13.1. The largest absolute Gasteiger partial charge is 0.383 e. The van der Waals surface area contributed by atoms with Gasteiger partial charge in [-0.05, 0) is 31.0 Å². The topological polar surface area (TPSA) is 79.5 Å². The zero-order chi connectivity index (χ0) is 15.1. The van der Waals surface area contributed by atoms with Crippen LogP contribution in [0.1, 0.15) is 12.8 Å². The molecule has 0 radical (unpaired) electrons. The molecule has 1 aromatic rings. The summed E-state index contributed by atoms with van der Waals surface area (Å²) in [5, 5.41) is 8.61. The number of carbonyl (C=O) groups excluding carboxylic acids is 2. The van der Waals surface area contributed by atoms with Crippen molar-refractivity contribution in [1.29, 1.82) is 0 Å². The number of methoxy groups -OCH3 is 1. The number of carbonyl (C=O) groups is 2. The van der Waals surface area contributed by atoms with Crippen LogP contribution in [-0.4, -0.2) is 38.6 Å². The fourth-order valence-corrected chi connectivity index (χ4v) is 1.85. The van der Waals surface area contributed by atoms with E-state index in [0.29, 0.717) is 24.5 Å². The summed E-state index contributed by atoms with van der Waals surface area (Å²) in [6.07, 6.45) is 1.94. The molecule has 1 aliphatic carbocycles. The number of hydrogen-bond donors (Lipinski definition) is 3.